The summed E-state index contributed by atoms with van der Waals surface area (Å²) in [6, 6.07) is 2.12. The van der Waals surface area contributed by atoms with Crippen LogP contribution in [0.3, 0.4) is 0 Å². The van der Waals surface area contributed by atoms with E-state index in [0.717, 1.165) is 30.3 Å². The van der Waals surface area contributed by atoms with Crippen LogP contribution in [0.25, 0.3) is 0 Å². The number of nitrogens with one attached hydrogen (secondary N) is 2. The first kappa shape index (κ1) is 17.3. The van der Waals surface area contributed by atoms with Crippen molar-refractivity contribution in [3.05, 3.63) is 36.3 Å². The highest BCUT2D eigenvalue weighted by atomic mass is 16.5. The van der Waals surface area contributed by atoms with Gasteiger partial charge in [0.1, 0.15) is 18.0 Å². The van der Waals surface area contributed by atoms with Crippen LogP contribution in [0.5, 0.6) is 0 Å². The molecule has 2 atom stereocenters. The molecule has 0 aromatic carbocycles. The van der Waals surface area contributed by atoms with Crippen molar-refractivity contribution in [3.8, 4) is 0 Å². The fraction of sp³-hybridized carbons (Fsp3) is 0.529. The zero-order valence-electron chi connectivity index (χ0n) is 14.6. The minimum Gasteiger partial charge on any atom is -0.380 e. The molecule has 134 valence electrons. The molecule has 0 radical (unpaired) electrons. The number of methoxy groups -OCH3 is 1. The molecule has 1 amide bonds. The van der Waals surface area contributed by atoms with Crippen LogP contribution in [0.15, 0.2) is 24.8 Å². The van der Waals surface area contributed by atoms with Crippen molar-refractivity contribution in [2.24, 2.45) is 0 Å². The number of hydrogen-bond acceptors (Lipinski definition) is 6. The van der Waals surface area contributed by atoms with Crippen LogP contribution in [0.4, 0.5) is 5.82 Å². The zero-order valence-corrected chi connectivity index (χ0v) is 14.6. The van der Waals surface area contributed by atoms with Gasteiger partial charge in [-0.3, -0.25) is 4.79 Å². The van der Waals surface area contributed by atoms with Gasteiger partial charge in [-0.25, -0.2) is 15.0 Å². The van der Waals surface area contributed by atoms with Gasteiger partial charge in [0.2, 0.25) is 5.91 Å². The molecule has 3 heterocycles. The lowest BCUT2D eigenvalue weighted by Gasteiger charge is -2.25. The third kappa shape index (κ3) is 4.54. The van der Waals surface area contributed by atoms with Crippen molar-refractivity contribution in [3.63, 3.8) is 0 Å². The molecule has 0 aliphatic carbocycles. The molecule has 1 aliphatic rings. The number of anilines is 1. The van der Waals surface area contributed by atoms with E-state index >= 15 is 0 Å². The molecule has 25 heavy (non-hydrogen) atoms. The number of amides is 1. The molecule has 0 saturated carbocycles. The summed E-state index contributed by atoms with van der Waals surface area (Å²) in [4.78, 5) is 30.0. The Morgan fingerprint density at radius 2 is 2.32 bits per heavy atom. The molecular formula is C17H24N6O2. The van der Waals surface area contributed by atoms with Crippen molar-refractivity contribution < 1.29 is 9.53 Å². The maximum atomic E-state index is 12.1. The number of nitrogens with zero attached hydrogens (tertiary/aromatic N) is 4. The number of carbonyl (C=O) groups excluding carboxylic acids is 1. The summed E-state index contributed by atoms with van der Waals surface area (Å²) >= 11 is 0. The predicted molar refractivity (Wildman–Crippen MR) is 93.2 cm³/mol. The van der Waals surface area contributed by atoms with E-state index in [9.17, 15) is 4.79 Å². The number of H-pyrrole nitrogens is 1. The Labute approximate surface area is 147 Å². The largest absolute Gasteiger partial charge is 0.380 e. The van der Waals surface area contributed by atoms with Gasteiger partial charge in [0.05, 0.1) is 12.1 Å². The fourth-order valence-corrected chi connectivity index (χ4v) is 3.10. The van der Waals surface area contributed by atoms with Gasteiger partial charge in [0, 0.05) is 57.2 Å². The zero-order chi connectivity index (χ0) is 17.6. The maximum Gasteiger partial charge on any atom is 0.220 e. The third-order valence-corrected chi connectivity index (χ3v) is 4.47. The molecule has 1 aliphatic heterocycles. The summed E-state index contributed by atoms with van der Waals surface area (Å²) in [5, 5.41) is 3.02. The summed E-state index contributed by atoms with van der Waals surface area (Å²) < 4.78 is 5.52. The Morgan fingerprint density at radius 3 is 3.04 bits per heavy atom. The molecule has 3 rings (SSSR count). The van der Waals surface area contributed by atoms with E-state index in [2.05, 4.69) is 30.2 Å². The number of hydrogen-bond donors (Lipinski definition) is 2. The summed E-state index contributed by atoms with van der Waals surface area (Å²) in [5.74, 6) is 1.73. The minimum absolute atomic E-state index is 0.0242. The topological polar surface area (TPSA) is 96.0 Å². The van der Waals surface area contributed by atoms with Gasteiger partial charge in [-0.2, -0.15) is 0 Å². The smallest absolute Gasteiger partial charge is 0.220 e. The van der Waals surface area contributed by atoms with Crippen molar-refractivity contribution >= 4 is 11.7 Å². The normalized spacial score (nSPS) is 20.0. The lowest BCUT2D eigenvalue weighted by molar-refractivity contribution is -0.121. The van der Waals surface area contributed by atoms with E-state index in [0.29, 0.717) is 19.4 Å². The number of carbonyl (C=O) groups is 1. The van der Waals surface area contributed by atoms with E-state index < -0.39 is 0 Å². The summed E-state index contributed by atoms with van der Waals surface area (Å²) in [6.07, 6.45) is 7.05. The SMILES string of the molecule is CO[C@H]1C[C@@H](CNC(=O)CCc2ncc[nH]2)N(c2cc(C)ncn2)C1. The average Bonchev–Trinajstić information content (AvgIpc) is 3.27. The molecule has 2 aromatic rings. The summed E-state index contributed by atoms with van der Waals surface area (Å²) in [5.41, 5.74) is 0.923. The van der Waals surface area contributed by atoms with Gasteiger partial charge in [0.15, 0.2) is 0 Å². The number of aromatic nitrogens is 4. The van der Waals surface area contributed by atoms with Crippen LogP contribution in [0, 0.1) is 6.92 Å². The van der Waals surface area contributed by atoms with Crippen LogP contribution in [0.2, 0.25) is 0 Å². The number of aromatic amines is 1. The highest BCUT2D eigenvalue weighted by Gasteiger charge is 2.33. The molecule has 1 fully saturated rings. The van der Waals surface area contributed by atoms with Crippen LogP contribution in [-0.2, 0) is 16.0 Å². The highest BCUT2D eigenvalue weighted by Crippen LogP contribution is 2.25. The van der Waals surface area contributed by atoms with Gasteiger partial charge in [-0.05, 0) is 13.3 Å². The van der Waals surface area contributed by atoms with Crippen molar-refractivity contribution in [2.45, 2.75) is 38.3 Å². The van der Waals surface area contributed by atoms with E-state index in [4.69, 9.17) is 4.74 Å². The summed E-state index contributed by atoms with van der Waals surface area (Å²) in [7, 11) is 1.72. The van der Waals surface area contributed by atoms with Gasteiger partial charge in [-0.1, -0.05) is 0 Å². The monoisotopic (exact) mass is 344 g/mol. The molecule has 1 saturated heterocycles. The Balaban J connectivity index is 1.56. The Morgan fingerprint density at radius 1 is 1.44 bits per heavy atom. The Hall–Kier alpha value is -2.48. The van der Waals surface area contributed by atoms with E-state index in [1.165, 1.54) is 0 Å². The molecule has 0 unspecified atom stereocenters. The molecule has 0 bridgehead atoms. The first-order valence-corrected chi connectivity index (χ1v) is 8.48. The fourth-order valence-electron chi connectivity index (χ4n) is 3.10. The molecule has 0 spiro atoms. The highest BCUT2D eigenvalue weighted by molar-refractivity contribution is 5.76. The minimum atomic E-state index is 0.0242. The van der Waals surface area contributed by atoms with E-state index in [1.807, 2.05) is 13.0 Å². The van der Waals surface area contributed by atoms with Gasteiger partial charge < -0.3 is 19.9 Å². The van der Waals surface area contributed by atoms with Crippen molar-refractivity contribution in [2.75, 3.05) is 25.1 Å². The average molecular weight is 344 g/mol. The number of rotatable bonds is 7. The summed E-state index contributed by atoms with van der Waals surface area (Å²) in [6.45, 7) is 3.28. The van der Waals surface area contributed by atoms with Crippen molar-refractivity contribution in [1.82, 2.24) is 25.3 Å². The quantitative estimate of drug-likeness (QED) is 0.773. The van der Waals surface area contributed by atoms with E-state index in [-0.39, 0.29) is 18.1 Å². The maximum absolute atomic E-state index is 12.1. The second-order valence-corrected chi connectivity index (χ2v) is 6.26. The van der Waals surface area contributed by atoms with Gasteiger partial charge in [0.25, 0.3) is 0 Å². The van der Waals surface area contributed by atoms with Gasteiger partial charge in [-0.15, -0.1) is 0 Å². The lowest BCUT2D eigenvalue weighted by atomic mass is 10.2. The van der Waals surface area contributed by atoms with Crippen LogP contribution in [0.1, 0.15) is 24.4 Å². The molecule has 2 N–H and O–H groups in total. The van der Waals surface area contributed by atoms with Gasteiger partial charge >= 0.3 is 0 Å². The van der Waals surface area contributed by atoms with Crippen LogP contribution >= 0.6 is 0 Å². The standard InChI is InChI=1S/C17H24N6O2/c1-12-7-16(22-11-21-12)23-10-14(25-2)8-13(23)9-20-17(24)4-3-15-18-5-6-19-15/h5-7,11,13-14H,3-4,8-10H2,1-2H3,(H,18,19)(H,20,24)/t13-,14-/m0/s1. The predicted octanol–water partition coefficient (Wildman–Crippen LogP) is 0.851. The molecule has 8 heteroatoms. The number of aryl methyl sites for hydroxylation is 2. The van der Waals surface area contributed by atoms with Crippen LogP contribution < -0.4 is 10.2 Å². The second kappa shape index (κ2) is 8.06. The first-order valence-electron chi connectivity index (χ1n) is 8.48. The molecule has 8 nitrogen and oxygen atoms in total. The lowest BCUT2D eigenvalue weighted by Crippen LogP contribution is -2.40. The van der Waals surface area contributed by atoms with Crippen LogP contribution in [-0.4, -0.2) is 58.2 Å². The Bertz CT molecular complexity index is 690. The number of imidazole rings is 1. The van der Waals surface area contributed by atoms with Crippen molar-refractivity contribution in [1.29, 1.82) is 0 Å². The third-order valence-electron chi connectivity index (χ3n) is 4.47. The molecular weight excluding hydrogens is 320 g/mol. The first-order chi connectivity index (χ1) is 12.2. The number of ether oxygens (including phenoxy) is 1. The molecule has 2 aromatic heterocycles. The van der Waals surface area contributed by atoms with E-state index in [1.54, 1.807) is 25.8 Å². The Kier molecular flexibility index (Phi) is 5.60. The second-order valence-electron chi connectivity index (χ2n) is 6.26.